The van der Waals surface area contributed by atoms with Crippen molar-refractivity contribution in [3.63, 3.8) is 0 Å². The summed E-state index contributed by atoms with van der Waals surface area (Å²) in [7, 11) is 0. The van der Waals surface area contributed by atoms with E-state index in [1.54, 1.807) is 24.3 Å². The zero-order chi connectivity index (χ0) is 13.0. The summed E-state index contributed by atoms with van der Waals surface area (Å²) >= 11 is 0. The molecule has 0 unspecified atom stereocenters. The van der Waals surface area contributed by atoms with Crippen molar-refractivity contribution in [1.82, 2.24) is 5.43 Å². The van der Waals surface area contributed by atoms with Gasteiger partial charge in [0.15, 0.2) is 0 Å². The number of aliphatic hydroxyl groups excluding tert-OH is 1. The highest BCUT2D eigenvalue weighted by molar-refractivity contribution is 6.49. The largest absolute Gasteiger partial charge is 0.506 e. The normalized spacial score (nSPS) is 21.3. The van der Waals surface area contributed by atoms with Crippen molar-refractivity contribution in [2.75, 3.05) is 0 Å². The van der Waals surface area contributed by atoms with Crippen LogP contribution >= 0.6 is 0 Å². The SMILES string of the molecule is CC1=CCC(N/N=C2/C=CC=CC2=N)=C(O)C=C1. The van der Waals surface area contributed by atoms with E-state index in [9.17, 15) is 5.11 Å². The van der Waals surface area contributed by atoms with E-state index in [4.69, 9.17) is 5.41 Å². The van der Waals surface area contributed by atoms with Gasteiger partial charge in [0.2, 0.25) is 0 Å². The third-order valence-electron chi connectivity index (χ3n) is 2.66. The number of hydrogen-bond acceptors (Lipinski definition) is 4. The fourth-order valence-corrected chi connectivity index (χ4v) is 1.55. The molecule has 0 spiro atoms. The Morgan fingerprint density at radius 3 is 2.78 bits per heavy atom. The van der Waals surface area contributed by atoms with Crippen molar-refractivity contribution in [1.29, 1.82) is 5.41 Å². The second kappa shape index (κ2) is 5.31. The average Bonchev–Trinajstić information content (AvgIpc) is 2.52. The number of hydrazone groups is 1. The second-order valence-electron chi connectivity index (χ2n) is 4.09. The molecule has 0 heterocycles. The van der Waals surface area contributed by atoms with Gasteiger partial charge in [-0.25, -0.2) is 0 Å². The van der Waals surface area contributed by atoms with Crippen molar-refractivity contribution in [3.8, 4) is 0 Å². The van der Waals surface area contributed by atoms with Crippen LogP contribution in [-0.2, 0) is 0 Å². The molecule has 0 saturated heterocycles. The van der Waals surface area contributed by atoms with E-state index in [0.717, 1.165) is 5.57 Å². The maximum Gasteiger partial charge on any atom is 0.136 e. The first-order valence-corrected chi connectivity index (χ1v) is 5.71. The first-order valence-electron chi connectivity index (χ1n) is 5.71. The van der Waals surface area contributed by atoms with Gasteiger partial charge in [-0.05, 0) is 25.2 Å². The molecule has 4 heteroatoms. The number of aliphatic hydroxyl groups is 1. The number of rotatable bonds is 2. The smallest absolute Gasteiger partial charge is 0.136 e. The average molecular weight is 241 g/mol. The van der Waals surface area contributed by atoms with Crippen molar-refractivity contribution < 1.29 is 5.11 Å². The molecule has 0 aliphatic heterocycles. The van der Waals surface area contributed by atoms with Gasteiger partial charge in [0.1, 0.15) is 11.5 Å². The summed E-state index contributed by atoms with van der Waals surface area (Å²) < 4.78 is 0. The van der Waals surface area contributed by atoms with Crippen LogP contribution in [0.3, 0.4) is 0 Å². The van der Waals surface area contributed by atoms with Gasteiger partial charge in [0.25, 0.3) is 0 Å². The lowest BCUT2D eigenvalue weighted by Gasteiger charge is -2.08. The van der Waals surface area contributed by atoms with E-state index >= 15 is 0 Å². The molecule has 2 rings (SSSR count). The van der Waals surface area contributed by atoms with Gasteiger partial charge < -0.3 is 5.11 Å². The van der Waals surface area contributed by atoms with Crippen molar-refractivity contribution in [3.05, 3.63) is 59.6 Å². The standard InChI is InChI=1S/C14H15N3O/c1-10-6-8-13(14(18)9-7-10)17-16-12-5-3-2-4-11(12)15/h2-7,9,15,17-18H,8H2,1H3/b15-11?,16-12-. The Hall–Kier alpha value is -2.36. The minimum absolute atomic E-state index is 0.175. The maximum atomic E-state index is 9.80. The van der Waals surface area contributed by atoms with Crippen LogP contribution in [0.5, 0.6) is 0 Å². The third kappa shape index (κ3) is 2.85. The molecule has 0 bridgehead atoms. The van der Waals surface area contributed by atoms with Crippen LogP contribution in [-0.4, -0.2) is 16.5 Å². The highest BCUT2D eigenvalue weighted by atomic mass is 16.3. The predicted octanol–water partition coefficient (Wildman–Crippen LogP) is 2.75. The topological polar surface area (TPSA) is 68.5 Å². The first kappa shape index (κ1) is 12.1. The molecule has 0 atom stereocenters. The number of allylic oxidation sites excluding steroid dienone is 8. The molecule has 18 heavy (non-hydrogen) atoms. The Morgan fingerprint density at radius 2 is 2.00 bits per heavy atom. The fourth-order valence-electron chi connectivity index (χ4n) is 1.55. The van der Waals surface area contributed by atoms with Gasteiger partial charge in [0.05, 0.1) is 11.4 Å². The molecule has 4 nitrogen and oxygen atoms in total. The van der Waals surface area contributed by atoms with E-state index in [1.165, 1.54) is 0 Å². The molecule has 0 amide bonds. The molecule has 0 aromatic rings. The summed E-state index contributed by atoms with van der Waals surface area (Å²) in [5.41, 5.74) is 5.45. The van der Waals surface area contributed by atoms with Crippen LogP contribution in [0.4, 0.5) is 0 Å². The third-order valence-corrected chi connectivity index (χ3v) is 2.66. The molecule has 0 aromatic carbocycles. The quantitative estimate of drug-likeness (QED) is 0.514. The van der Waals surface area contributed by atoms with Crippen molar-refractivity contribution in [2.24, 2.45) is 5.10 Å². The van der Waals surface area contributed by atoms with E-state index in [0.29, 0.717) is 23.5 Å². The number of hydrogen-bond donors (Lipinski definition) is 3. The van der Waals surface area contributed by atoms with Crippen LogP contribution in [0.15, 0.2) is 64.7 Å². The van der Waals surface area contributed by atoms with Gasteiger partial charge in [-0.2, -0.15) is 5.10 Å². The molecule has 0 fully saturated rings. The van der Waals surface area contributed by atoms with Crippen LogP contribution in [0, 0.1) is 5.41 Å². The Morgan fingerprint density at radius 1 is 1.22 bits per heavy atom. The lowest BCUT2D eigenvalue weighted by molar-refractivity contribution is 0.418. The highest BCUT2D eigenvalue weighted by Gasteiger charge is 2.07. The molecule has 2 aliphatic carbocycles. The molecule has 2 aliphatic rings. The zero-order valence-electron chi connectivity index (χ0n) is 10.1. The molecular weight excluding hydrogens is 226 g/mol. The van der Waals surface area contributed by atoms with E-state index in [1.807, 2.05) is 25.2 Å². The summed E-state index contributed by atoms with van der Waals surface area (Å²) in [4.78, 5) is 0. The summed E-state index contributed by atoms with van der Waals surface area (Å²) in [6, 6.07) is 0. The molecule has 0 radical (unpaired) electrons. The van der Waals surface area contributed by atoms with Crippen molar-refractivity contribution in [2.45, 2.75) is 13.3 Å². The van der Waals surface area contributed by atoms with Crippen molar-refractivity contribution >= 4 is 11.4 Å². The zero-order valence-corrected chi connectivity index (χ0v) is 10.1. The number of nitrogens with one attached hydrogen (secondary N) is 2. The summed E-state index contributed by atoms with van der Waals surface area (Å²) in [5, 5.41) is 21.6. The summed E-state index contributed by atoms with van der Waals surface area (Å²) in [6.07, 6.45) is 13.1. The van der Waals surface area contributed by atoms with Crippen LogP contribution < -0.4 is 5.43 Å². The van der Waals surface area contributed by atoms with Gasteiger partial charge >= 0.3 is 0 Å². The number of nitrogens with zero attached hydrogens (tertiary/aromatic N) is 1. The molecule has 3 N–H and O–H groups in total. The van der Waals surface area contributed by atoms with Crippen LogP contribution in [0.1, 0.15) is 13.3 Å². The van der Waals surface area contributed by atoms with Gasteiger partial charge in [0, 0.05) is 6.42 Å². The van der Waals surface area contributed by atoms with Gasteiger partial charge in [-0.1, -0.05) is 29.9 Å². The summed E-state index contributed by atoms with van der Waals surface area (Å²) in [5.74, 6) is 0.175. The molecule has 0 aromatic heterocycles. The predicted molar refractivity (Wildman–Crippen MR) is 73.7 cm³/mol. The van der Waals surface area contributed by atoms with E-state index in [-0.39, 0.29) is 5.76 Å². The Balaban J connectivity index is 2.13. The van der Waals surface area contributed by atoms with Crippen LogP contribution in [0.2, 0.25) is 0 Å². The fraction of sp³-hybridized carbons (Fsp3) is 0.143. The Kier molecular flexibility index (Phi) is 3.57. The summed E-state index contributed by atoms with van der Waals surface area (Å²) in [6.45, 7) is 1.98. The second-order valence-corrected chi connectivity index (χ2v) is 4.09. The molecular formula is C14H15N3O. The van der Waals surface area contributed by atoms with Gasteiger partial charge in [-0.3, -0.25) is 10.8 Å². The minimum atomic E-state index is 0.175. The Labute approximate surface area is 106 Å². The van der Waals surface area contributed by atoms with Gasteiger partial charge in [-0.15, -0.1) is 0 Å². The van der Waals surface area contributed by atoms with E-state index < -0.39 is 0 Å². The Bertz CT molecular complexity index is 545. The van der Waals surface area contributed by atoms with Crippen LogP contribution in [0.25, 0.3) is 0 Å². The lowest BCUT2D eigenvalue weighted by Crippen LogP contribution is -2.16. The van der Waals surface area contributed by atoms with E-state index in [2.05, 4.69) is 10.5 Å². The maximum absolute atomic E-state index is 9.80. The first-order chi connectivity index (χ1) is 8.66. The monoisotopic (exact) mass is 241 g/mol. The minimum Gasteiger partial charge on any atom is -0.506 e. The highest BCUT2D eigenvalue weighted by Crippen LogP contribution is 2.13. The molecule has 0 saturated carbocycles. The molecule has 92 valence electrons. The lowest BCUT2D eigenvalue weighted by atomic mass is 10.1.